The number of carbonyl (C=O) groups excluding carboxylic acids is 1. The molecule has 3 aromatic rings. The van der Waals surface area contributed by atoms with Gasteiger partial charge in [-0.15, -0.1) is 11.3 Å². The number of ether oxygens (including phenoxy) is 1. The molecule has 144 valence electrons. The second kappa shape index (κ2) is 9.07. The maximum absolute atomic E-state index is 11.6. The number of phenols is 1. The number of methoxy groups -OCH3 is 1. The molecule has 0 unspecified atom stereocenters. The van der Waals surface area contributed by atoms with Gasteiger partial charge in [0.2, 0.25) is 4.80 Å². The van der Waals surface area contributed by atoms with Crippen LogP contribution in [0.3, 0.4) is 0 Å². The summed E-state index contributed by atoms with van der Waals surface area (Å²) in [7, 11) is 1.62. The third-order valence-electron chi connectivity index (χ3n) is 3.79. The molecule has 3 N–H and O–H groups in total. The van der Waals surface area contributed by atoms with Crippen molar-refractivity contribution >= 4 is 23.5 Å². The van der Waals surface area contributed by atoms with Crippen molar-refractivity contribution in [3.63, 3.8) is 0 Å². The van der Waals surface area contributed by atoms with Gasteiger partial charge < -0.3 is 15.6 Å². The minimum absolute atomic E-state index is 0.0457. The number of primary amides is 1. The molecule has 28 heavy (non-hydrogen) atoms. The fourth-order valence-electron chi connectivity index (χ4n) is 2.42. The van der Waals surface area contributed by atoms with Crippen molar-refractivity contribution in [2.24, 2.45) is 15.8 Å². The third-order valence-corrected chi connectivity index (χ3v) is 4.65. The van der Waals surface area contributed by atoms with E-state index in [-0.39, 0.29) is 11.3 Å². The van der Waals surface area contributed by atoms with Crippen LogP contribution in [-0.2, 0) is 4.74 Å². The van der Waals surface area contributed by atoms with Gasteiger partial charge in [0, 0.05) is 36.0 Å². The fourth-order valence-corrected chi connectivity index (χ4v) is 3.28. The van der Waals surface area contributed by atoms with Crippen LogP contribution in [0.5, 0.6) is 5.75 Å². The van der Waals surface area contributed by atoms with E-state index in [2.05, 4.69) is 15.1 Å². The molecule has 0 atom stereocenters. The molecule has 8 nitrogen and oxygen atoms in total. The monoisotopic (exact) mass is 397 g/mol. The highest BCUT2D eigenvalue weighted by atomic mass is 32.1. The number of carbonyl (C=O) groups is 1. The lowest BCUT2D eigenvalue weighted by atomic mass is 10.1. The van der Waals surface area contributed by atoms with E-state index in [4.69, 9.17) is 10.5 Å². The Morgan fingerprint density at radius 1 is 1.43 bits per heavy atom. The Labute approximate surface area is 165 Å². The first-order valence-corrected chi connectivity index (χ1v) is 9.25. The molecule has 0 spiro atoms. The number of amides is 1. The Kier molecular flexibility index (Phi) is 6.30. The fraction of sp³-hybridized carbons (Fsp3) is 0.158. The highest BCUT2D eigenvalue weighted by molar-refractivity contribution is 7.07. The van der Waals surface area contributed by atoms with E-state index in [0.29, 0.717) is 29.2 Å². The van der Waals surface area contributed by atoms with Gasteiger partial charge in [-0.25, -0.2) is 4.68 Å². The van der Waals surface area contributed by atoms with Gasteiger partial charge in [-0.05, 0) is 24.3 Å². The van der Waals surface area contributed by atoms with E-state index in [9.17, 15) is 9.90 Å². The first kappa shape index (κ1) is 19.5. The number of hydrogen-bond donors (Lipinski definition) is 2. The minimum Gasteiger partial charge on any atom is -0.507 e. The average molecular weight is 397 g/mol. The molecular formula is C19H19N5O3S. The number of hydrogen-bond acceptors (Lipinski definition) is 7. The first-order chi connectivity index (χ1) is 13.6. The molecule has 1 aromatic carbocycles. The Bertz CT molecular complexity index is 1060. The van der Waals surface area contributed by atoms with E-state index in [1.807, 2.05) is 17.5 Å². The predicted molar refractivity (Wildman–Crippen MR) is 107 cm³/mol. The minimum atomic E-state index is -0.704. The zero-order valence-corrected chi connectivity index (χ0v) is 16.0. The quantitative estimate of drug-likeness (QED) is 0.467. The maximum atomic E-state index is 11.6. The zero-order valence-electron chi connectivity index (χ0n) is 15.1. The van der Waals surface area contributed by atoms with E-state index < -0.39 is 5.91 Å². The van der Waals surface area contributed by atoms with Crippen molar-refractivity contribution in [3.05, 3.63) is 64.0 Å². The predicted octanol–water partition coefficient (Wildman–Crippen LogP) is 1.85. The van der Waals surface area contributed by atoms with Crippen molar-refractivity contribution in [2.45, 2.75) is 0 Å². The van der Waals surface area contributed by atoms with E-state index in [0.717, 1.165) is 5.56 Å². The molecule has 3 rings (SSSR count). The number of nitrogens with zero attached hydrogens (tertiary/aromatic N) is 4. The molecule has 2 aromatic heterocycles. The summed E-state index contributed by atoms with van der Waals surface area (Å²) < 4.78 is 6.73. The summed E-state index contributed by atoms with van der Waals surface area (Å²) in [5.41, 5.74) is 7.62. The van der Waals surface area contributed by atoms with Crippen molar-refractivity contribution in [2.75, 3.05) is 20.3 Å². The van der Waals surface area contributed by atoms with Crippen LogP contribution >= 0.6 is 11.3 Å². The number of thiazole rings is 1. The summed E-state index contributed by atoms with van der Waals surface area (Å²) in [6.45, 7) is 0.978. The van der Waals surface area contributed by atoms with E-state index in [1.165, 1.54) is 23.5 Å². The largest absolute Gasteiger partial charge is 0.507 e. The van der Waals surface area contributed by atoms with Crippen LogP contribution in [-0.4, -0.2) is 47.1 Å². The SMILES string of the molecule is COCCN=c1scc(-c2ccc(O)c(C(N)=O)c2)n1/N=C/c1cccnc1. The van der Waals surface area contributed by atoms with Crippen LogP contribution in [0.4, 0.5) is 0 Å². The highest BCUT2D eigenvalue weighted by Gasteiger charge is 2.13. The summed E-state index contributed by atoms with van der Waals surface area (Å²) in [6.07, 6.45) is 5.06. The molecule has 0 bridgehead atoms. The molecule has 0 aliphatic rings. The Morgan fingerprint density at radius 3 is 3.00 bits per heavy atom. The standard InChI is InChI=1S/C19H19N5O3S/c1-27-8-7-22-19-24(23-11-13-3-2-6-21-10-13)16(12-28-19)14-4-5-17(25)15(9-14)18(20)26/h2-6,9-12,25H,7-8H2,1H3,(H2,20,26)/b22-19?,23-11+. The lowest BCUT2D eigenvalue weighted by molar-refractivity contribution is 0.0998. The molecule has 0 aliphatic heterocycles. The van der Waals surface area contributed by atoms with Gasteiger partial charge in [0.15, 0.2) is 0 Å². The molecule has 0 radical (unpaired) electrons. The zero-order chi connectivity index (χ0) is 19.9. The first-order valence-electron chi connectivity index (χ1n) is 8.37. The second-order valence-electron chi connectivity index (χ2n) is 5.72. The van der Waals surface area contributed by atoms with Gasteiger partial charge in [-0.1, -0.05) is 6.07 Å². The number of nitrogens with two attached hydrogens (primary N) is 1. The molecule has 1 amide bonds. The molecule has 0 aliphatic carbocycles. The summed E-state index contributed by atoms with van der Waals surface area (Å²) in [6, 6.07) is 8.37. The lowest BCUT2D eigenvalue weighted by Crippen LogP contribution is -2.14. The topological polar surface area (TPSA) is 115 Å². The molecule has 2 heterocycles. The van der Waals surface area contributed by atoms with Crippen LogP contribution in [0.1, 0.15) is 15.9 Å². The van der Waals surface area contributed by atoms with Crippen LogP contribution in [0, 0.1) is 0 Å². The lowest BCUT2D eigenvalue weighted by Gasteiger charge is -2.06. The Hall–Kier alpha value is -3.30. The average Bonchev–Trinajstić information content (AvgIpc) is 3.10. The van der Waals surface area contributed by atoms with Crippen molar-refractivity contribution < 1.29 is 14.6 Å². The van der Waals surface area contributed by atoms with Crippen molar-refractivity contribution in [3.8, 4) is 17.0 Å². The normalized spacial score (nSPS) is 12.0. The van der Waals surface area contributed by atoms with Gasteiger partial charge in [-0.2, -0.15) is 5.10 Å². The summed E-state index contributed by atoms with van der Waals surface area (Å²) in [5, 5.41) is 16.3. The number of aromatic hydroxyl groups is 1. The van der Waals surface area contributed by atoms with E-state index in [1.54, 1.807) is 36.5 Å². The Morgan fingerprint density at radius 2 is 2.29 bits per heavy atom. The maximum Gasteiger partial charge on any atom is 0.252 e. The Balaban J connectivity index is 2.09. The smallest absolute Gasteiger partial charge is 0.252 e. The van der Waals surface area contributed by atoms with Gasteiger partial charge in [0.1, 0.15) is 5.75 Å². The molecule has 0 fully saturated rings. The molecule has 0 saturated heterocycles. The molecule has 9 heteroatoms. The van der Waals surface area contributed by atoms with Crippen molar-refractivity contribution in [1.82, 2.24) is 9.66 Å². The van der Waals surface area contributed by atoms with Crippen LogP contribution < -0.4 is 10.5 Å². The number of pyridine rings is 1. The number of benzene rings is 1. The van der Waals surface area contributed by atoms with Gasteiger partial charge in [-0.3, -0.25) is 14.8 Å². The number of aromatic nitrogens is 2. The molecular weight excluding hydrogens is 378 g/mol. The summed E-state index contributed by atoms with van der Waals surface area (Å²) in [4.78, 5) is 20.8. The van der Waals surface area contributed by atoms with Crippen LogP contribution in [0.2, 0.25) is 0 Å². The van der Waals surface area contributed by atoms with Gasteiger partial charge >= 0.3 is 0 Å². The van der Waals surface area contributed by atoms with Gasteiger partial charge in [0.25, 0.3) is 5.91 Å². The second-order valence-corrected chi connectivity index (χ2v) is 6.55. The number of rotatable bonds is 7. The van der Waals surface area contributed by atoms with Crippen LogP contribution in [0.15, 0.2) is 58.2 Å². The third kappa shape index (κ3) is 4.51. The van der Waals surface area contributed by atoms with Crippen LogP contribution in [0.25, 0.3) is 11.3 Å². The van der Waals surface area contributed by atoms with Crippen molar-refractivity contribution in [1.29, 1.82) is 0 Å². The van der Waals surface area contributed by atoms with E-state index >= 15 is 0 Å². The summed E-state index contributed by atoms with van der Waals surface area (Å²) >= 11 is 1.41. The summed E-state index contributed by atoms with van der Waals surface area (Å²) in [5.74, 6) is -0.869. The highest BCUT2D eigenvalue weighted by Crippen LogP contribution is 2.26. The van der Waals surface area contributed by atoms with Gasteiger partial charge in [0.05, 0.1) is 30.6 Å². The molecule has 0 saturated carbocycles.